The van der Waals surface area contributed by atoms with Crippen LogP contribution in [0.3, 0.4) is 0 Å². The molecule has 0 aliphatic carbocycles. The first-order valence-corrected chi connectivity index (χ1v) is 11.7. The first-order valence-electron chi connectivity index (χ1n) is 11.7. The fourth-order valence-electron chi connectivity index (χ4n) is 5.48. The fraction of sp³-hybridized carbons (Fsp3) is 0.138. The van der Waals surface area contributed by atoms with Crippen molar-refractivity contribution in [3.8, 4) is 6.07 Å². The van der Waals surface area contributed by atoms with Gasteiger partial charge in [0.15, 0.2) is 5.41 Å². The molecule has 0 saturated heterocycles. The maximum absolute atomic E-state index is 14.4. The number of hydrogen-bond acceptors (Lipinski definition) is 5. The van der Waals surface area contributed by atoms with Gasteiger partial charge in [-0.15, -0.1) is 0 Å². The van der Waals surface area contributed by atoms with Gasteiger partial charge in [0.1, 0.15) is 17.4 Å². The average Bonchev–Trinajstić information content (AvgIpc) is 3.33. The molecule has 3 aliphatic heterocycles. The van der Waals surface area contributed by atoms with Crippen LogP contribution in [-0.4, -0.2) is 23.3 Å². The molecule has 2 N–H and O–H groups in total. The Morgan fingerprint density at radius 2 is 1.50 bits per heavy atom. The number of para-hydroxylation sites is 1. The van der Waals surface area contributed by atoms with Crippen LogP contribution < -0.4 is 10.6 Å². The van der Waals surface area contributed by atoms with Crippen LogP contribution in [0.1, 0.15) is 16.7 Å². The molecule has 3 aromatic carbocycles. The minimum atomic E-state index is -1.65. The Bertz CT molecular complexity index is 1500. The summed E-state index contributed by atoms with van der Waals surface area (Å²) >= 11 is 0. The van der Waals surface area contributed by atoms with Gasteiger partial charge in [0.25, 0.3) is 5.91 Å². The van der Waals surface area contributed by atoms with Gasteiger partial charge in [0.05, 0.1) is 18.7 Å². The standard InChI is InChI=1S/C29H22N4O3/c30-15-22-26(31)36-24-18-32(16-19-9-3-1-4-10-19)27(34)25(24)29(22)21-13-7-8-14-23(21)33(28(29)35)17-20-11-5-2-6-12-20/h1-14H,16-18,31H2. The van der Waals surface area contributed by atoms with Crippen molar-refractivity contribution >= 4 is 17.5 Å². The molecule has 36 heavy (non-hydrogen) atoms. The van der Waals surface area contributed by atoms with E-state index < -0.39 is 5.41 Å². The smallest absolute Gasteiger partial charge is 0.255 e. The number of amides is 2. The van der Waals surface area contributed by atoms with Crippen LogP contribution in [0.5, 0.6) is 0 Å². The van der Waals surface area contributed by atoms with Crippen molar-refractivity contribution in [2.24, 2.45) is 5.73 Å². The maximum atomic E-state index is 14.4. The van der Waals surface area contributed by atoms with Crippen molar-refractivity contribution in [1.29, 1.82) is 5.26 Å². The van der Waals surface area contributed by atoms with Crippen LogP contribution in [0, 0.1) is 11.3 Å². The van der Waals surface area contributed by atoms with Crippen LogP contribution in [0.25, 0.3) is 0 Å². The van der Waals surface area contributed by atoms with E-state index in [1.807, 2.05) is 78.9 Å². The molecular weight excluding hydrogens is 452 g/mol. The Labute approximate surface area is 208 Å². The lowest BCUT2D eigenvalue weighted by Crippen LogP contribution is -2.48. The lowest BCUT2D eigenvalue weighted by Gasteiger charge is -2.33. The predicted molar refractivity (Wildman–Crippen MR) is 133 cm³/mol. The summed E-state index contributed by atoms with van der Waals surface area (Å²) in [5, 5.41) is 10.2. The molecule has 0 bridgehead atoms. The summed E-state index contributed by atoms with van der Waals surface area (Å²) in [7, 11) is 0. The second-order valence-corrected chi connectivity index (χ2v) is 9.04. The summed E-state index contributed by atoms with van der Waals surface area (Å²) in [6.07, 6.45) is 0. The summed E-state index contributed by atoms with van der Waals surface area (Å²) in [5.41, 5.74) is 7.83. The van der Waals surface area contributed by atoms with E-state index in [-0.39, 0.29) is 35.4 Å². The highest BCUT2D eigenvalue weighted by Crippen LogP contribution is 2.55. The second-order valence-electron chi connectivity index (χ2n) is 9.04. The molecule has 3 aliphatic rings. The fourth-order valence-corrected chi connectivity index (χ4v) is 5.48. The van der Waals surface area contributed by atoms with Crippen molar-refractivity contribution in [2.45, 2.75) is 18.5 Å². The van der Waals surface area contributed by atoms with Crippen LogP contribution in [0.4, 0.5) is 5.69 Å². The molecule has 2 amide bonds. The average molecular weight is 475 g/mol. The number of fused-ring (bicyclic) bond motifs is 3. The molecule has 3 heterocycles. The van der Waals surface area contributed by atoms with Crippen molar-refractivity contribution in [3.05, 3.63) is 124 Å². The molecule has 1 atom stereocenters. The van der Waals surface area contributed by atoms with Gasteiger partial charge in [-0.3, -0.25) is 9.59 Å². The van der Waals surface area contributed by atoms with E-state index in [9.17, 15) is 14.9 Å². The second kappa shape index (κ2) is 8.14. The minimum absolute atomic E-state index is 0.0517. The Balaban J connectivity index is 1.50. The summed E-state index contributed by atoms with van der Waals surface area (Å²) in [5.74, 6) is -0.538. The molecule has 3 aromatic rings. The molecule has 176 valence electrons. The van der Waals surface area contributed by atoms with Gasteiger partial charge in [-0.25, -0.2) is 0 Å². The van der Waals surface area contributed by atoms with E-state index in [0.29, 0.717) is 30.1 Å². The van der Waals surface area contributed by atoms with Gasteiger partial charge in [-0.05, 0) is 17.2 Å². The zero-order chi connectivity index (χ0) is 24.9. The number of nitrogens with two attached hydrogens (primary N) is 1. The van der Waals surface area contributed by atoms with Gasteiger partial charge in [0, 0.05) is 17.8 Å². The summed E-state index contributed by atoms with van der Waals surface area (Å²) < 4.78 is 5.84. The quantitative estimate of drug-likeness (QED) is 0.624. The van der Waals surface area contributed by atoms with Crippen LogP contribution >= 0.6 is 0 Å². The lowest BCUT2D eigenvalue weighted by atomic mass is 9.68. The number of ether oxygens (including phenoxy) is 1. The summed E-state index contributed by atoms with van der Waals surface area (Å²) in [4.78, 5) is 31.6. The van der Waals surface area contributed by atoms with E-state index in [2.05, 4.69) is 6.07 Å². The van der Waals surface area contributed by atoms with Crippen molar-refractivity contribution in [3.63, 3.8) is 0 Å². The number of carbonyl (C=O) groups is 2. The maximum Gasteiger partial charge on any atom is 0.255 e. The molecule has 7 heteroatoms. The third-order valence-electron chi connectivity index (χ3n) is 7.02. The molecule has 1 unspecified atom stereocenters. The Kier molecular flexibility index (Phi) is 4.90. The number of carbonyl (C=O) groups excluding carboxylic acids is 2. The van der Waals surface area contributed by atoms with E-state index in [1.54, 1.807) is 15.9 Å². The number of anilines is 1. The van der Waals surface area contributed by atoms with Crippen molar-refractivity contribution < 1.29 is 14.3 Å². The lowest BCUT2D eigenvalue weighted by molar-refractivity contribution is -0.129. The van der Waals surface area contributed by atoms with Gasteiger partial charge in [-0.2, -0.15) is 5.26 Å². The Morgan fingerprint density at radius 1 is 0.889 bits per heavy atom. The largest absolute Gasteiger partial charge is 0.442 e. The highest BCUT2D eigenvalue weighted by Gasteiger charge is 2.63. The zero-order valence-electron chi connectivity index (χ0n) is 19.3. The number of benzene rings is 3. The predicted octanol–water partition coefficient (Wildman–Crippen LogP) is 3.49. The minimum Gasteiger partial charge on any atom is -0.442 e. The number of nitriles is 1. The molecule has 0 fully saturated rings. The first kappa shape index (κ1) is 21.7. The van der Waals surface area contributed by atoms with Crippen LogP contribution in [0.15, 0.2) is 108 Å². The van der Waals surface area contributed by atoms with Crippen LogP contribution in [-0.2, 0) is 32.8 Å². The zero-order valence-corrected chi connectivity index (χ0v) is 19.3. The van der Waals surface area contributed by atoms with E-state index in [1.165, 1.54) is 0 Å². The third-order valence-corrected chi connectivity index (χ3v) is 7.02. The Hall–Kier alpha value is -4.83. The summed E-state index contributed by atoms with van der Waals surface area (Å²) in [6.45, 7) is 0.804. The van der Waals surface area contributed by atoms with Gasteiger partial charge in [0.2, 0.25) is 11.8 Å². The number of hydrogen-bond donors (Lipinski definition) is 1. The first-order chi connectivity index (χ1) is 17.6. The van der Waals surface area contributed by atoms with Gasteiger partial charge in [-0.1, -0.05) is 78.9 Å². The topological polar surface area (TPSA) is 99.7 Å². The number of nitrogens with zero attached hydrogens (tertiary/aromatic N) is 3. The highest BCUT2D eigenvalue weighted by molar-refractivity contribution is 6.20. The molecule has 0 saturated carbocycles. The summed E-state index contributed by atoms with van der Waals surface area (Å²) in [6, 6.07) is 28.6. The van der Waals surface area contributed by atoms with Crippen molar-refractivity contribution in [1.82, 2.24) is 4.90 Å². The highest BCUT2D eigenvalue weighted by atomic mass is 16.5. The van der Waals surface area contributed by atoms with Gasteiger partial charge < -0.3 is 20.3 Å². The molecule has 7 nitrogen and oxygen atoms in total. The molecule has 6 rings (SSSR count). The molecule has 0 radical (unpaired) electrons. The molecule has 1 spiro atoms. The van der Waals surface area contributed by atoms with Gasteiger partial charge >= 0.3 is 0 Å². The third kappa shape index (κ3) is 2.98. The normalized spacial score (nSPS) is 20.5. The van der Waals surface area contributed by atoms with E-state index >= 15 is 0 Å². The molecular formula is C29H22N4O3. The van der Waals surface area contributed by atoms with Crippen LogP contribution in [0.2, 0.25) is 0 Å². The molecule has 0 aromatic heterocycles. The monoisotopic (exact) mass is 474 g/mol. The number of rotatable bonds is 4. The van der Waals surface area contributed by atoms with E-state index in [4.69, 9.17) is 10.5 Å². The Morgan fingerprint density at radius 3 is 2.17 bits per heavy atom. The van der Waals surface area contributed by atoms with E-state index in [0.717, 1.165) is 11.1 Å². The SMILES string of the molecule is N#CC1=C(N)OC2=C(C(=O)N(Cc3ccccc3)C2)C12C(=O)N(Cc1ccccc1)c1ccccc12. The van der Waals surface area contributed by atoms with Crippen molar-refractivity contribution in [2.75, 3.05) is 11.4 Å².